The number of aromatic nitrogens is 1. The summed E-state index contributed by atoms with van der Waals surface area (Å²) in [7, 11) is 0. The molecular formula is C31H17N5O5S3. The maximum absolute atomic E-state index is 12.9. The zero-order valence-corrected chi connectivity index (χ0v) is 24.7. The first kappa shape index (κ1) is 27.7. The van der Waals surface area contributed by atoms with E-state index in [9.17, 15) is 24.5 Å². The lowest BCUT2D eigenvalue weighted by Crippen LogP contribution is -2.29. The molecule has 5 aromatic rings. The van der Waals surface area contributed by atoms with Crippen molar-refractivity contribution in [3.63, 3.8) is 0 Å². The largest absolute Gasteiger partial charge is 0.300 e. The van der Waals surface area contributed by atoms with Gasteiger partial charge < -0.3 is 5.32 Å². The molecule has 7 rings (SSSR count). The van der Waals surface area contributed by atoms with E-state index in [1.807, 2.05) is 30.3 Å². The Bertz CT molecular complexity index is 2070. The highest BCUT2D eigenvalue weighted by atomic mass is 32.2. The summed E-state index contributed by atoms with van der Waals surface area (Å²) in [5.41, 5.74) is 2.85. The molecule has 2 aliphatic heterocycles. The van der Waals surface area contributed by atoms with Gasteiger partial charge in [-0.3, -0.25) is 24.5 Å². The minimum atomic E-state index is -0.470. The molecule has 3 heterocycles. The van der Waals surface area contributed by atoms with E-state index in [1.165, 1.54) is 17.4 Å². The van der Waals surface area contributed by atoms with Crippen LogP contribution in [-0.4, -0.2) is 32.8 Å². The molecule has 0 aliphatic carbocycles. The molecule has 2 aliphatic rings. The van der Waals surface area contributed by atoms with Crippen molar-refractivity contribution in [3.05, 3.63) is 123 Å². The van der Waals surface area contributed by atoms with Gasteiger partial charge in [0.05, 0.1) is 47.4 Å². The number of anilines is 1. The first-order chi connectivity index (χ1) is 21.3. The van der Waals surface area contributed by atoms with Crippen LogP contribution in [0.1, 0.15) is 26.3 Å². The number of fused-ring (bicyclic) bond motifs is 2. The number of nitrogens with one attached hydrogen (secondary N) is 1. The van der Waals surface area contributed by atoms with E-state index in [4.69, 9.17) is 0 Å². The fourth-order valence-corrected chi connectivity index (χ4v) is 7.68. The molecule has 4 aromatic carbocycles. The number of nitro groups is 1. The van der Waals surface area contributed by atoms with E-state index in [0.29, 0.717) is 52.9 Å². The molecule has 44 heavy (non-hydrogen) atoms. The van der Waals surface area contributed by atoms with E-state index in [-0.39, 0.29) is 23.4 Å². The highest BCUT2D eigenvalue weighted by Gasteiger charge is 2.36. The molecule has 1 aromatic heterocycles. The number of amidine groups is 1. The van der Waals surface area contributed by atoms with E-state index in [0.717, 1.165) is 33.1 Å². The molecule has 10 nitrogen and oxygen atoms in total. The number of thioether (sulfide) groups is 1. The van der Waals surface area contributed by atoms with Crippen LogP contribution < -0.4 is 10.2 Å². The monoisotopic (exact) mass is 635 g/mol. The fraction of sp³-hybridized carbons (Fsp3) is 0. The van der Waals surface area contributed by atoms with Crippen LogP contribution in [0.3, 0.4) is 0 Å². The van der Waals surface area contributed by atoms with Gasteiger partial charge in [0.1, 0.15) is 0 Å². The van der Waals surface area contributed by atoms with Gasteiger partial charge in [-0.1, -0.05) is 48.2 Å². The molecule has 0 radical (unpaired) electrons. The molecule has 0 unspecified atom stereocenters. The standard InChI is InChI=1S/C31H17N5O5S3/c37-27-26(42-30(34-27)32-18-6-2-1-3-7-18)15-17-10-13-24(23(14-17)36(40)41)43-31-33-22-12-11-19(16-25(22)44-31)35-28(38)20-8-4-5-9-21(20)29(35)39/h1-16H,(H,32,34,37)/b26-15-. The lowest BCUT2D eigenvalue weighted by Gasteiger charge is -2.13. The number of nitrogens with zero attached hydrogens (tertiary/aromatic N) is 4. The Kier molecular flexibility index (Phi) is 7.04. The quantitative estimate of drug-likeness (QED) is 0.0908. The number of nitro benzene ring substituents is 1. The smallest absolute Gasteiger partial charge is 0.283 e. The summed E-state index contributed by atoms with van der Waals surface area (Å²) < 4.78 is 1.28. The second-order valence-electron chi connectivity index (χ2n) is 9.53. The van der Waals surface area contributed by atoms with Crippen molar-refractivity contribution in [3.8, 4) is 0 Å². The number of carbonyl (C=O) groups excluding carboxylic acids is 3. The molecule has 0 bridgehead atoms. The third kappa shape index (κ3) is 5.17. The van der Waals surface area contributed by atoms with Gasteiger partial charge >= 0.3 is 0 Å². The molecule has 0 atom stereocenters. The lowest BCUT2D eigenvalue weighted by atomic mass is 10.1. The van der Waals surface area contributed by atoms with Crippen LogP contribution in [0.15, 0.2) is 110 Å². The van der Waals surface area contributed by atoms with Gasteiger partial charge in [-0.2, -0.15) is 0 Å². The zero-order valence-electron chi connectivity index (χ0n) is 22.3. The van der Waals surface area contributed by atoms with Gasteiger partial charge in [0.2, 0.25) is 0 Å². The Balaban J connectivity index is 1.13. The number of hydrogen-bond acceptors (Lipinski definition) is 10. The third-order valence-electron chi connectivity index (χ3n) is 6.72. The molecular weight excluding hydrogens is 619 g/mol. The molecule has 0 saturated carbocycles. The summed E-state index contributed by atoms with van der Waals surface area (Å²) in [5, 5.41) is 15.2. The van der Waals surface area contributed by atoms with Gasteiger partial charge in [0.15, 0.2) is 9.51 Å². The molecule has 0 spiro atoms. The van der Waals surface area contributed by atoms with Crippen molar-refractivity contribution in [1.82, 2.24) is 10.3 Å². The fourth-order valence-electron chi connectivity index (χ4n) is 4.70. The van der Waals surface area contributed by atoms with Crippen molar-refractivity contribution >= 4 is 91.1 Å². The van der Waals surface area contributed by atoms with Gasteiger partial charge in [0, 0.05) is 6.07 Å². The summed E-state index contributed by atoms with van der Waals surface area (Å²) in [4.78, 5) is 60.9. The minimum absolute atomic E-state index is 0.128. The zero-order chi connectivity index (χ0) is 30.4. The van der Waals surface area contributed by atoms with Crippen LogP contribution >= 0.6 is 34.9 Å². The second kappa shape index (κ2) is 11.2. The van der Waals surface area contributed by atoms with Crippen LogP contribution in [0.2, 0.25) is 0 Å². The van der Waals surface area contributed by atoms with E-state index >= 15 is 0 Å². The maximum atomic E-state index is 12.9. The third-order valence-corrected chi connectivity index (χ3v) is 9.77. The number of aliphatic imine (C=N–C) groups is 1. The SMILES string of the molecule is O=C1NC(=Nc2ccccc2)S/C1=C\c1ccc(Sc2nc3ccc(N4C(=O)c5ccccc5C4=O)cc3s2)c([N+](=O)[O-])c1. The van der Waals surface area contributed by atoms with E-state index in [1.54, 1.807) is 60.7 Å². The maximum Gasteiger partial charge on any atom is 0.283 e. The highest BCUT2D eigenvalue weighted by Crippen LogP contribution is 2.41. The number of benzene rings is 4. The van der Waals surface area contributed by atoms with Crippen molar-refractivity contribution in [2.45, 2.75) is 9.24 Å². The molecule has 3 amide bonds. The normalized spacial score (nSPS) is 16.3. The molecule has 214 valence electrons. The molecule has 1 saturated heterocycles. The van der Waals surface area contributed by atoms with Crippen molar-refractivity contribution < 1.29 is 19.3 Å². The number of amides is 3. The van der Waals surface area contributed by atoms with Crippen molar-refractivity contribution in [2.24, 2.45) is 4.99 Å². The predicted octanol–water partition coefficient (Wildman–Crippen LogP) is 7.05. The summed E-state index contributed by atoms with van der Waals surface area (Å²) in [6.45, 7) is 0. The average molecular weight is 636 g/mol. The first-order valence-corrected chi connectivity index (χ1v) is 15.5. The Labute approximate surface area is 261 Å². The van der Waals surface area contributed by atoms with Crippen molar-refractivity contribution in [1.29, 1.82) is 0 Å². The van der Waals surface area contributed by atoms with Gasteiger partial charge in [-0.05, 0) is 71.9 Å². The van der Waals surface area contributed by atoms with Crippen LogP contribution in [-0.2, 0) is 4.79 Å². The summed E-state index contributed by atoms with van der Waals surface area (Å²) in [5.74, 6) is -1.10. The van der Waals surface area contributed by atoms with Crippen molar-refractivity contribution in [2.75, 3.05) is 4.90 Å². The number of carbonyl (C=O) groups is 3. The number of rotatable bonds is 6. The predicted molar refractivity (Wildman–Crippen MR) is 172 cm³/mol. The second-order valence-corrected chi connectivity index (χ2v) is 12.9. The minimum Gasteiger partial charge on any atom is -0.300 e. The Morgan fingerprint density at radius 1 is 0.909 bits per heavy atom. The Morgan fingerprint density at radius 3 is 2.36 bits per heavy atom. The molecule has 1 fully saturated rings. The number of thiazole rings is 1. The van der Waals surface area contributed by atoms with Crippen LogP contribution in [0.5, 0.6) is 0 Å². The van der Waals surface area contributed by atoms with Gasteiger partial charge in [-0.25, -0.2) is 14.9 Å². The Morgan fingerprint density at radius 2 is 1.64 bits per heavy atom. The average Bonchev–Trinajstić information content (AvgIpc) is 3.66. The summed E-state index contributed by atoms with van der Waals surface area (Å²) in [6, 6.07) is 25.8. The number of hydrogen-bond donors (Lipinski definition) is 1. The van der Waals surface area contributed by atoms with Crippen LogP contribution in [0.4, 0.5) is 17.1 Å². The number of imide groups is 1. The molecule has 13 heteroatoms. The highest BCUT2D eigenvalue weighted by molar-refractivity contribution is 8.18. The summed E-state index contributed by atoms with van der Waals surface area (Å²) >= 11 is 3.61. The topological polar surface area (TPSA) is 135 Å². The number of para-hydroxylation sites is 1. The van der Waals surface area contributed by atoms with Gasteiger partial charge in [0.25, 0.3) is 23.4 Å². The van der Waals surface area contributed by atoms with E-state index in [2.05, 4.69) is 15.3 Å². The summed E-state index contributed by atoms with van der Waals surface area (Å²) in [6.07, 6.45) is 1.59. The Hall–Kier alpha value is -5.11. The van der Waals surface area contributed by atoms with Gasteiger partial charge in [-0.15, -0.1) is 11.3 Å². The van der Waals surface area contributed by atoms with E-state index < -0.39 is 4.92 Å². The first-order valence-electron chi connectivity index (χ1n) is 13.0. The van der Waals surface area contributed by atoms with Crippen LogP contribution in [0.25, 0.3) is 16.3 Å². The van der Waals surface area contributed by atoms with Crippen LogP contribution in [0, 0.1) is 10.1 Å². The lowest BCUT2D eigenvalue weighted by molar-refractivity contribution is -0.387. The molecule has 1 N–H and O–H groups in total.